The number of hydrogen-bond acceptors (Lipinski definition) is 5. The van der Waals surface area contributed by atoms with Gasteiger partial charge in [0.15, 0.2) is 0 Å². The van der Waals surface area contributed by atoms with Crippen LogP contribution in [0.25, 0.3) is 0 Å². The average molecular weight is 324 g/mol. The molecule has 0 unspecified atom stereocenters. The van der Waals surface area contributed by atoms with E-state index in [1.807, 2.05) is 18.4 Å². The highest BCUT2D eigenvalue weighted by molar-refractivity contribution is 7.98. The first-order valence-corrected chi connectivity index (χ1v) is 8.88. The van der Waals surface area contributed by atoms with Gasteiger partial charge in [-0.15, -0.1) is 11.8 Å². The van der Waals surface area contributed by atoms with Gasteiger partial charge in [-0.1, -0.05) is 19.8 Å². The summed E-state index contributed by atoms with van der Waals surface area (Å²) in [7, 11) is 0. The van der Waals surface area contributed by atoms with Gasteiger partial charge < -0.3 is 9.47 Å². The molecule has 1 rings (SSSR count). The molecule has 5 heteroatoms. The van der Waals surface area contributed by atoms with E-state index in [1.165, 1.54) is 0 Å². The number of ether oxygens (including phenoxy) is 2. The molecule has 0 N–H and O–H groups in total. The third kappa shape index (κ3) is 8.08. The van der Waals surface area contributed by atoms with E-state index in [-0.39, 0.29) is 24.8 Å². The number of hydrogen-bond donors (Lipinski definition) is 0. The van der Waals surface area contributed by atoms with Crippen LogP contribution in [0.3, 0.4) is 0 Å². The van der Waals surface area contributed by atoms with Crippen molar-refractivity contribution in [3.63, 3.8) is 0 Å². The second-order valence-corrected chi connectivity index (χ2v) is 5.81. The molecule has 1 aromatic rings. The Labute approximate surface area is 136 Å². The Morgan fingerprint density at radius 2 is 1.68 bits per heavy atom. The van der Waals surface area contributed by atoms with Crippen molar-refractivity contribution in [2.24, 2.45) is 0 Å². The van der Waals surface area contributed by atoms with E-state index in [2.05, 4.69) is 6.92 Å². The molecule has 0 saturated carbocycles. The van der Waals surface area contributed by atoms with Crippen molar-refractivity contribution in [3.8, 4) is 5.75 Å². The van der Waals surface area contributed by atoms with E-state index >= 15 is 0 Å². The quantitative estimate of drug-likeness (QED) is 0.279. The zero-order chi connectivity index (χ0) is 16.2. The molecule has 0 spiro atoms. The molecule has 0 heterocycles. The molecular weight excluding hydrogens is 300 g/mol. The first-order chi connectivity index (χ1) is 10.7. The molecule has 1 aromatic carbocycles. The first-order valence-electron chi connectivity index (χ1n) is 7.66. The summed E-state index contributed by atoms with van der Waals surface area (Å²) in [6.45, 7) is 2.57. The van der Waals surface area contributed by atoms with Crippen LogP contribution in [0.5, 0.6) is 5.75 Å². The number of carbonyl (C=O) groups excluding carboxylic acids is 2. The SMILES string of the molecule is CCCCCOC(=O)CCCC(=O)Oc1ccc(SC)cc1. The van der Waals surface area contributed by atoms with Crippen LogP contribution in [0.2, 0.25) is 0 Å². The van der Waals surface area contributed by atoms with Gasteiger partial charge in [-0.2, -0.15) is 0 Å². The predicted molar refractivity (Wildman–Crippen MR) is 88.2 cm³/mol. The second-order valence-electron chi connectivity index (χ2n) is 4.93. The van der Waals surface area contributed by atoms with Crippen LogP contribution in [-0.2, 0) is 14.3 Å². The molecule has 0 bridgehead atoms. The normalized spacial score (nSPS) is 10.3. The Morgan fingerprint density at radius 3 is 2.32 bits per heavy atom. The zero-order valence-corrected chi connectivity index (χ0v) is 14.1. The van der Waals surface area contributed by atoms with Crippen LogP contribution in [0.1, 0.15) is 45.4 Å². The maximum Gasteiger partial charge on any atom is 0.311 e. The topological polar surface area (TPSA) is 52.6 Å². The number of thioether (sulfide) groups is 1. The lowest BCUT2D eigenvalue weighted by molar-refractivity contribution is -0.144. The summed E-state index contributed by atoms with van der Waals surface area (Å²) in [6, 6.07) is 7.35. The van der Waals surface area contributed by atoms with Crippen LogP contribution in [-0.4, -0.2) is 24.8 Å². The maximum absolute atomic E-state index is 11.7. The number of unbranched alkanes of at least 4 members (excludes halogenated alkanes) is 2. The van der Waals surface area contributed by atoms with E-state index in [0.717, 1.165) is 24.2 Å². The Morgan fingerprint density at radius 1 is 1.00 bits per heavy atom. The van der Waals surface area contributed by atoms with Crippen LogP contribution < -0.4 is 4.74 Å². The van der Waals surface area contributed by atoms with Gasteiger partial charge in [0.25, 0.3) is 0 Å². The molecule has 0 aliphatic carbocycles. The second kappa shape index (κ2) is 11.1. The van der Waals surface area contributed by atoms with E-state index < -0.39 is 0 Å². The minimum Gasteiger partial charge on any atom is -0.466 e. The van der Waals surface area contributed by atoms with Crippen molar-refractivity contribution in [3.05, 3.63) is 24.3 Å². The fraction of sp³-hybridized carbons (Fsp3) is 0.529. The highest BCUT2D eigenvalue weighted by atomic mass is 32.2. The minimum absolute atomic E-state index is 0.217. The Balaban J connectivity index is 2.15. The summed E-state index contributed by atoms with van der Waals surface area (Å²) in [5.41, 5.74) is 0. The highest BCUT2D eigenvalue weighted by Gasteiger charge is 2.08. The summed E-state index contributed by atoms with van der Waals surface area (Å²) in [5, 5.41) is 0. The number of esters is 2. The largest absolute Gasteiger partial charge is 0.466 e. The molecule has 0 saturated heterocycles. The zero-order valence-electron chi connectivity index (χ0n) is 13.3. The van der Waals surface area contributed by atoms with Crippen LogP contribution in [0.4, 0.5) is 0 Å². The van der Waals surface area contributed by atoms with Crippen LogP contribution in [0, 0.1) is 0 Å². The van der Waals surface area contributed by atoms with Gasteiger partial charge in [0.1, 0.15) is 5.75 Å². The van der Waals surface area contributed by atoms with Crippen molar-refractivity contribution in [2.75, 3.05) is 12.9 Å². The van der Waals surface area contributed by atoms with Gasteiger partial charge in [0.05, 0.1) is 6.61 Å². The fourth-order valence-corrected chi connectivity index (χ4v) is 2.22. The first kappa shape index (κ1) is 18.6. The minimum atomic E-state index is -0.323. The van der Waals surface area contributed by atoms with E-state index in [4.69, 9.17) is 9.47 Å². The number of rotatable bonds is 10. The Kier molecular flexibility index (Phi) is 9.39. The van der Waals surface area contributed by atoms with E-state index in [1.54, 1.807) is 23.9 Å². The summed E-state index contributed by atoms with van der Waals surface area (Å²) < 4.78 is 10.3. The summed E-state index contributed by atoms with van der Waals surface area (Å²) in [5.74, 6) is -0.0335. The molecule has 122 valence electrons. The molecular formula is C17H24O4S. The fourth-order valence-electron chi connectivity index (χ4n) is 1.81. The Hall–Kier alpha value is -1.49. The monoisotopic (exact) mass is 324 g/mol. The molecule has 22 heavy (non-hydrogen) atoms. The van der Waals surface area contributed by atoms with Crippen molar-refractivity contribution < 1.29 is 19.1 Å². The lowest BCUT2D eigenvalue weighted by Gasteiger charge is -2.06. The predicted octanol–water partition coefficient (Wildman–Crippen LogP) is 4.22. The van der Waals surface area contributed by atoms with Crippen molar-refractivity contribution in [1.82, 2.24) is 0 Å². The molecule has 0 fully saturated rings. The van der Waals surface area contributed by atoms with Gasteiger partial charge in [0, 0.05) is 17.7 Å². The molecule has 0 aliphatic heterocycles. The van der Waals surface area contributed by atoms with E-state index in [9.17, 15) is 9.59 Å². The average Bonchev–Trinajstić information content (AvgIpc) is 2.52. The number of benzene rings is 1. The molecule has 0 aromatic heterocycles. The number of carbonyl (C=O) groups is 2. The summed E-state index contributed by atoms with van der Waals surface area (Å²) in [4.78, 5) is 24.2. The van der Waals surface area contributed by atoms with E-state index in [0.29, 0.717) is 18.8 Å². The van der Waals surface area contributed by atoms with Gasteiger partial charge in [0.2, 0.25) is 0 Å². The Bertz CT molecular complexity index is 456. The third-order valence-electron chi connectivity index (χ3n) is 3.06. The maximum atomic E-state index is 11.7. The van der Waals surface area contributed by atoms with Gasteiger partial charge in [-0.05, 0) is 43.4 Å². The molecule has 0 radical (unpaired) electrons. The summed E-state index contributed by atoms with van der Waals surface area (Å²) in [6.07, 6.45) is 5.98. The van der Waals surface area contributed by atoms with Gasteiger partial charge >= 0.3 is 11.9 Å². The summed E-state index contributed by atoms with van der Waals surface area (Å²) >= 11 is 1.63. The van der Waals surface area contributed by atoms with Crippen molar-refractivity contribution >= 4 is 23.7 Å². The molecule has 0 atom stereocenters. The molecule has 0 amide bonds. The molecule has 4 nitrogen and oxygen atoms in total. The smallest absolute Gasteiger partial charge is 0.311 e. The van der Waals surface area contributed by atoms with Gasteiger partial charge in [-0.25, -0.2) is 0 Å². The van der Waals surface area contributed by atoms with Crippen LogP contribution in [0.15, 0.2) is 29.2 Å². The molecule has 0 aliphatic rings. The van der Waals surface area contributed by atoms with Gasteiger partial charge in [-0.3, -0.25) is 9.59 Å². The van der Waals surface area contributed by atoms with Crippen LogP contribution >= 0.6 is 11.8 Å². The third-order valence-corrected chi connectivity index (χ3v) is 3.81. The van der Waals surface area contributed by atoms with Crippen molar-refractivity contribution in [2.45, 2.75) is 50.3 Å². The lowest BCUT2D eigenvalue weighted by atomic mass is 10.2. The standard InChI is InChI=1S/C17H24O4S/c1-3-4-5-13-20-16(18)7-6-8-17(19)21-14-9-11-15(22-2)12-10-14/h9-12H,3-8,13H2,1-2H3. The lowest BCUT2D eigenvalue weighted by Crippen LogP contribution is -2.10. The highest BCUT2D eigenvalue weighted by Crippen LogP contribution is 2.19. The van der Waals surface area contributed by atoms with Crippen molar-refractivity contribution in [1.29, 1.82) is 0 Å².